The first-order valence-corrected chi connectivity index (χ1v) is 6.21. The summed E-state index contributed by atoms with van der Waals surface area (Å²) in [5.41, 5.74) is -0.496. The fourth-order valence-electron chi connectivity index (χ4n) is 1.69. The number of nitrogens with one attached hydrogen (secondary N) is 1. The van der Waals surface area contributed by atoms with Crippen LogP contribution in [0.3, 0.4) is 0 Å². The van der Waals surface area contributed by atoms with E-state index in [2.05, 4.69) is 10.1 Å². The fraction of sp³-hybridized carbons (Fsp3) is 0.357. The van der Waals surface area contributed by atoms with Gasteiger partial charge in [-0.15, -0.1) is 0 Å². The maximum atomic E-state index is 13.5. The van der Waals surface area contributed by atoms with E-state index in [9.17, 15) is 18.4 Å². The van der Waals surface area contributed by atoms with E-state index in [1.165, 1.54) is 6.07 Å². The highest BCUT2D eigenvalue weighted by atomic mass is 19.2. The zero-order valence-corrected chi connectivity index (χ0v) is 11.4. The lowest BCUT2D eigenvalue weighted by Crippen LogP contribution is -2.41. The van der Waals surface area contributed by atoms with Gasteiger partial charge in [0.1, 0.15) is 6.04 Å². The number of amides is 1. The number of hydrogen-bond donors (Lipinski definition) is 1. The SMILES string of the molecule is COC(=O)[C@@H](CCCC#N)NC(=O)c1cccc(F)c1F. The Hall–Kier alpha value is -2.49. The molecular weight excluding hydrogens is 282 g/mol. The predicted octanol–water partition coefficient (Wildman–Crippen LogP) is 1.93. The van der Waals surface area contributed by atoms with Gasteiger partial charge >= 0.3 is 5.97 Å². The van der Waals surface area contributed by atoms with Crippen molar-refractivity contribution in [3.8, 4) is 6.07 Å². The standard InChI is InChI=1S/C14H14F2N2O3/c1-21-14(20)11(7-2-3-8-17)18-13(19)9-5-4-6-10(15)12(9)16/h4-6,11H,2-3,7H2,1H3,(H,18,19)/t11-/m1/s1. The lowest BCUT2D eigenvalue weighted by molar-refractivity contribution is -0.143. The van der Waals surface area contributed by atoms with Gasteiger partial charge in [-0.2, -0.15) is 5.26 Å². The van der Waals surface area contributed by atoms with Crippen molar-refractivity contribution in [3.63, 3.8) is 0 Å². The van der Waals surface area contributed by atoms with Crippen LogP contribution in [-0.4, -0.2) is 25.0 Å². The molecule has 0 aromatic heterocycles. The molecule has 1 rings (SSSR count). The van der Waals surface area contributed by atoms with Gasteiger partial charge in [-0.05, 0) is 25.0 Å². The third-order valence-corrected chi connectivity index (χ3v) is 2.77. The van der Waals surface area contributed by atoms with Gasteiger partial charge in [0.15, 0.2) is 11.6 Å². The molecule has 0 saturated heterocycles. The Morgan fingerprint density at radius 3 is 2.76 bits per heavy atom. The maximum Gasteiger partial charge on any atom is 0.328 e. The highest BCUT2D eigenvalue weighted by Crippen LogP contribution is 2.12. The number of methoxy groups -OCH3 is 1. The predicted molar refractivity (Wildman–Crippen MR) is 69.1 cm³/mol. The van der Waals surface area contributed by atoms with Crippen LogP contribution in [-0.2, 0) is 9.53 Å². The van der Waals surface area contributed by atoms with E-state index in [0.717, 1.165) is 19.2 Å². The molecule has 0 spiro atoms. The molecular formula is C14H14F2N2O3. The van der Waals surface area contributed by atoms with Crippen molar-refractivity contribution >= 4 is 11.9 Å². The van der Waals surface area contributed by atoms with E-state index in [1.807, 2.05) is 6.07 Å². The van der Waals surface area contributed by atoms with Crippen LogP contribution in [0.15, 0.2) is 18.2 Å². The average Bonchev–Trinajstić information content (AvgIpc) is 2.48. The van der Waals surface area contributed by atoms with Crippen molar-refractivity contribution in [1.29, 1.82) is 5.26 Å². The number of esters is 1. The number of hydrogen-bond acceptors (Lipinski definition) is 4. The summed E-state index contributed by atoms with van der Waals surface area (Å²) in [6.45, 7) is 0. The van der Waals surface area contributed by atoms with Crippen LogP contribution in [0.2, 0.25) is 0 Å². The highest BCUT2D eigenvalue weighted by Gasteiger charge is 2.23. The van der Waals surface area contributed by atoms with E-state index < -0.39 is 35.1 Å². The molecule has 7 heteroatoms. The largest absolute Gasteiger partial charge is 0.467 e. The first-order chi connectivity index (χ1) is 10.0. The number of halogens is 2. The lowest BCUT2D eigenvalue weighted by Gasteiger charge is -2.16. The van der Waals surface area contributed by atoms with Crippen molar-refractivity contribution in [1.82, 2.24) is 5.32 Å². The van der Waals surface area contributed by atoms with Crippen LogP contribution in [0.25, 0.3) is 0 Å². The van der Waals surface area contributed by atoms with Gasteiger partial charge < -0.3 is 10.1 Å². The Bertz CT molecular complexity index is 570. The molecule has 0 radical (unpaired) electrons. The van der Waals surface area contributed by atoms with E-state index >= 15 is 0 Å². The molecule has 5 nitrogen and oxygen atoms in total. The number of carbonyl (C=O) groups is 2. The third kappa shape index (κ3) is 4.53. The maximum absolute atomic E-state index is 13.5. The van der Waals surface area contributed by atoms with Gasteiger partial charge in [0.2, 0.25) is 0 Å². The molecule has 0 unspecified atom stereocenters. The molecule has 0 fully saturated rings. The second kappa shape index (κ2) is 7.94. The monoisotopic (exact) mass is 296 g/mol. The van der Waals surface area contributed by atoms with Gasteiger partial charge in [-0.1, -0.05) is 6.07 Å². The summed E-state index contributed by atoms with van der Waals surface area (Å²) in [7, 11) is 1.15. The molecule has 0 bridgehead atoms. The summed E-state index contributed by atoms with van der Waals surface area (Å²) in [6, 6.07) is 4.08. The molecule has 0 heterocycles. The summed E-state index contributed by atoms with van der Waals surface area (Å²) in [5.74, 6) is -4.06. The fourth-order valence-corrected chi connectivity index (χ4v) is 1.69. The Morgan fingerprint density at radius 2 is 2.14 bits per heavy atom. The van der Waals surface area contributed by atoms with Crippen LogP contribution in [0.1, 0.15) is 29.6 Å². The Kier molecular flexibility index (Phi) is 6.27. The normalized spacial score (nSPS) is 11.3. The van der Waals surface area contributed by atoms with Crippen molar-refractivity contribution in [2.75, 3.05) is 7.11 Å². The van der Waals surface area contributed by atoms with Crippen molar-refractivity contribution in [2.45, 2.75) is 25.3 Å². The van der Waals surface area contributed by atoms with E-state index in [4.69, 9.17) is 5.26 Å². The quantitative estimate of drug-likeness (QED) is 0.642. The molecule has 112 valence electrons. The molecule has 0 saturated carbocycles. The Labute approximate surface area is 120 Å². The number of rotatable bonds is 6. The van der Waals surface area contributed by atoms with Gasteiger partial charge in [-0.25, -0.2) is 13.6 Å². The zero-order chi connectivity index (χ0) is 15.8. The molecule has 1 amide bonds. The van der Waals surface area contributed by atoms with E-state index in [1.54, 1.807) is 0 Å². The van der Waals surface area contributed by atoms with Crippen LogP contribution >= 0.6 is 0 Å². The minimum Gasteiger partial charge on any atom is -0.467 e. The summed E-state index contributed by atoms with van der Waals surface area (Å²) in [4.78, 5) is 23.4. The lowest BCUT2D eigenvalue weighted by atomic mass is 10.1. The first kappa shape index (κ1) is 16.6. The topological polar surface area (TPSA) is 79.2 Å². The Balaban J connectivity index is 2.82. The van der Waals surface area contributed by atoms with Crippen molar-refractivity contribution in [3.05, 3.63) is 35.4 Å². The second-order valence-corrected chi connectivity index (χ2v) is 4.20. The van der Waals surface area contributed by atoms with Crippen LogP contribution in [0.4, 0.5) is 8.78 Å². The van der Waals surface area contributed by atoms with Gasteiger partial charge in [0, 0.05) is 6.42 Å². The van der Waals surface area contributed by atoms with E-state index in [-0.39, 0.29) is 12.8 Å². The van der Waals surface area contributed by atoms with Crippen LogP contribution < -0.4 is 5.32 Å². The van der Waals surface area contributed by atoms with Crippen LogP contribution in [0.5, 0.6) is 0 Å². The van der Waals surface area contributed by atoms with Crippen LogP contribution in [0, 0.1) is 23.0 Å². The minimum atomic E-state index is -1.28. The molecule has 0 aliphatic carbocycles. The molecule has 1 aromatic carbocycles. The van der Waals surface area contributed by atoms with E-state index in [0.29, 0.717) is 6.42 Å². The number of benzene rings is 1. The Morgan fingerprint density at radius 1 is 1.43 bits per heavy atom. The number of unbranched alkanes of at least 4 members (excludes halogenated alkanes) is 1. The third-order valence-electron chi connectivity index (χ3n) is 2.77. The molecule has 1 N–H and O–H groups in total. The molecule has 0 aliphatic heterocycles. The first-order valence-electron chi connectivity index (χ1n) is 6.21. The number of carbonyl (C=O) groups excluding carboxylic acids is 2. The van der Waals surface area contributed by atoms with Gasteiger partial charge in [0.25, 0.3) is 5.91 Å². The summed E-state index contributed by atoms with van der Waals surface area (Å²) in [6.07, 6.45) is 0.739. The summed E-state index contributed by atoms with van der Waals surface area (Å²) < 4.78 is 31.1. The molecule has 0 aliphatic rings. The smallest absolute Gasteiger partial charge is 0.328 e. The summed E-state index contributed by atoms with van der Waals surface area (Å²) in [5, 5.41) is 10.7. The molecule has 1 aromatic rings. The number of nitrogens with zero attached hydrogens (tertiary/aromatic N) is 1. The number of ether oxygens (including phenoxy) is 1. The average molecular weight is 296 g/mol. The molecule has 21 heavy (non-hydrogen) atoms. The molecule has 1 atom stereocenters. The second-order valence-electron chi connectivity index (χ2n) is 4.20. The highest BCUT2D eigenvalue weighted by molar-refractivity contribution is 5.97. The van der Waals surface area contributed by atoms with Crippen molar-refractivity contribution < 1.29 is 23.1 Å². The van der Waals surface area contributed by atoms with Gasteiger partial charge in [-0.3, -0.25) is 4.79 Å². The van der Waals surface area contributed by atoms with Crippen molar-refractivity contribution in [2.24, 2.45) is 0 Å². The zero-order valence-electron chi connectivity index (χ0n) is 11.4. The summed E-state index contributed by atoms with van der Waals surface area (Å²) >= 11 is 0. The minimum absolute atomic E-state index is 0.170. The number of nitriles is 1. The van der Waals surface area contributed by atoms with Gasteiger partial charge in [0.05, 0.1) is 18.7 Å².